The van der Waals surface area contributed by atoms with Gasteiger partial charge in [-0.1, -0.05) is 4.85 Å². The molecule has 6 nitrogen and oxygen atoms in total. The fraction of sp³-hybridized carbons (Fsp3) is 0.200. The van der Waals surface area contributed by atoms with Crippen LogP contribution in [0, 0.1) is 0 Å². The predicted molar refractivity (Wildman–Crippen MR) is 36.6 cm³/mol. The number of anilines is 1. The zero-order chi connectivity index (χ0) is 8.43. The van der Waals surface area contributed by atoms with Gasteiger partial charge >= 0.3 is 5.56 Å². The molecule has 0 unspecified atom stereocenters. The lowest BCUT2D eigenvalue weighted by Gasteiger charge is -2.01. The molecule has 3 N–H and O–H groups in total. The number of aromatic nitrogens is 2. The second kappa shape index (κ2) is 2.49. The van der Waals surface area contributed by atoms with E-state index in [4.69, 9.17) is 10.9 Å². The van der Waals surface area contributed by atoms with E-state index in [0.29, 0.717) is 0 Å². The van der Waals surface area contributed by atoms with Gasteiger partial charge in [0.15, 0.2) is 11.6 Å². The fourth-order valence-electron chi connectivity index (χ4n) is 0.608. The van der Waals surface area contributed by atoms with Crippen molar-refractivity contribution in [2.45, 2.75) is 0 Å². The number of methoxy groups -OCH3 is 1. The van der Waals surface area contributed by atoms with Crippen molar-refractivity contribution in [2.24, 2.45) is 0 Å². The van der Waals surface area contributed by atoms with Crippen molar-refractivity contribution >= 4 is 5.82 Å². The first-order chi connectivity index (χ1) is 5.15. The first kappa shape index (κ1) is 7.39. The van der Waals surface area contributed by atoms with Crippen molar-refractivity contribution in [1.29, 1.82) is 0 Å². The average molecular weight is 157 g/mol. The molecule has 0 spiro atoms. The minimum atomic E-state index is -0.684. The van der Waals surface area contributed by atoms with E-state index < -0.39 is 5.56 Å². The molecule has 11 heavy (non-hydrogen) atoms. The van der Waals surface area contributed by atoms with Crippen LogP contribution in [0.2, 0.25) is 0 Å². The van der Waals surface area contributed by atoms with Crippen LogP contribution in [0.5, 0.6) is 5.75 Å². The lowest BCUT2D eigenvalue weighted by atomic mass is 10.5. The fourth-order valence-corrected chi connectivity index (χ4v) is 0.608. The van der Waals surface area contributed by atoms with Gasteiger partial charge in [0.25, 0.3) is 0 Å². The molecule has 0 amide bonds. The minimum Gasteiger partial charge on any atom is -0.493 e. The molecular formula is C5H7N3O3. The molecular weight excluding hydrogens is 150 g/mol. The van der Waals surface area contributed by atoms with Crippen molar-refractivity contribution in [3.05, 3.63) is 16.4 Å². The van der Waals surface area contributed by atoms with Gasteiger partial charge < -0.3 is 15.7 Å². The van der Waals surface area contributed by atoms with Crippen LogP contribution in [0.3, 0.4) is 0 Å². The Balaban J connectivity index is 3.32. The third kappa shape index (κ3) is 1.23. The molecule has 60 valence electrons. The van der Waals surface area contributed by atoms with E-state index in [2.05, 4.69) is 9.84 Å². The van der Waals surface area contributed by atoms with Crippen molar-refractivity contribution in [1.82, 2.24) is 9.94 Å². The van der Waals surface area contributed by atoms with Crippen LogP contribution in [0.4, 0.5) is 5.82 Å². The zero-order valence-corrected chi connectivity index (χ0v) is 5.81. The second-order valence-electron chi connectivity index (χ2n) is 1.83. The molecule has 1 rings (SSSR count). The smallest absolute Gasteiger partial charge is 0.306 e. The Bertz CT molecular complexity index is 319. The van der Waals surface area contributed by atoms with Gasteiger partial charge in [0, 0.05) is 0 Å². The summed E-state index contributed by atoms with van der Waals surface area (Å²) in [7, 11) is 1.36. The van der Waals surface area contributed by atoms with Crippen LogP contribution in [-0.4, -0.2) is 22.3 Å². The van der Waals surface area contributed by atoms with E-state index in [1.54, 1.807) is 0 Å². The first-order valence-corrected chi connectivity index (χ1v) is 2.78. The normalized spacial score (nSPS) is 9.55. The highest BCUT2D eigenvalue weighted by atomic mass is 16.5. The summed E-state index contributed by atoms with van der Waals surface area (Å²) in [6.07, 6.45) is 0. The minimum absolute atomic E-state index is 0.0328. The standard InChI is InChI=1S/C5H7N3O3/c1-11-3-2-4(9)8(10)7-5(3)6/h2,10H,1H3,(H2,6,7). The van der Waals surface area contributed by atoms with E-state index in [1.165, 1.54) is 7.11 Å². The summed E-state index contributed by atoms with van der Waals surface area (Å²) in [5, 5.41) is 11.9. The number of nitrogen functional groups attached to an aromatic ring is 1. The Morgan fingerprint density at radius 3 is 3.00 bits per heavy atom. The van der Waals surface area contributed by atoms with Gasteiger partial charge in [-0.3, -0.25) is 4.79 Å². The van der Waals surface area contributed by atoms with E-state index in [1.807, 2.05) is 0 Å². The molecule has 0 fully saturated rings. The SMILES string of the molecule is COc1cc(=O)n(O)nc1N. The Labute approximate surface area is 61.8 Å². The molecule has 0 aliphatic heterocycles. The van der Waals surface area contributed by atoms with Crippen LogP contribution in [0.1, 0.15) is 0 Å². The van der Waals surface area contributed by atoms with Gasteiger partial charge in [0.2, 0.25) is 0 Å². The topological polar surface area (TPSA) is 90.4 Å². The molecule has 0 saturated carbocycles. The first-order valence-electron chi connectivity index (χ1n) is 2.78. The molecule has 6 heteroatoms. The van der Waals surface area contributed by atoms with Gasteiger partial charge in [-0.25, -0.2) is 0 Å². The molecule has 0 aliphatic rings. The van der Waals surface area contributed by atoms with E-state index >= 15 is 0 Å². The van der Waals surface area contributed by atoms with E-state index in [9.17, 15) is 4.79 Å². The van der Waals surface area contributed by atoms with Crippen LogP contribution in [0.15, 0.2) is 10.9 Å². The van der Waals surface area contributed by atoms with E-state index in [-0.39, 0.29) is 16.4 Å². The number of hydrogen-bond donors (Lipinski definition) is 2. The monoisotopic (exact) mass is 157 g/mol. The quantitative estimate of drug-likeness (QED) is 0.514. The third-order valence-electron chi connectivity index (χ3n) is 1.13. The summed E-state index contributed by atoms with van der Waals surface area (Å²) in [5.41, 5.74) is 4.56. The lowest BCUT2D eigenvalue weighted by Crippen LogP contribution is -2.21. The van der Waals surface area contributed by atoms with Crippen LogP contribution < -0.4 is 16.0 Å². The molecule has 1 heterocycles. The van der Waals surface area contributed by atoms with Crippen LogP contribution in [0.25, 0.3) is 0 Å². The lowest BCUT2D eigenvalue weighted by molar-refractivity contribution is 0.134. The Kier molecular flexibility index (Phi) is 1.67. The molecule has 1 aromatic heterocycles. The maximum atomic E-state index is 10.7. The van der Waals surface area contributed by atoms with Crippen molar-refractivity contribution in [3.63, 3.8) is 0 Å². The number of hydrogen-bond acceptors (Lipinski definition) is 5. The molecule has 0 radical (unpaired) electrons. The van der Waals surface area contributed by atoms with Crippen molar-refractivity contribution in [3.8, 4) is 5.75 Å². The number of ether oxygens (including phenoxy) is 1. The molecule has 1 aromatic rings. The van der Waals surface area contributed by atoms with Crippen molar-refractivity contribution < 1.29 is 9.94 Å². The zero-order valence-electron chi connectivity index (χ0n) is 5.81. The molecule has 0 aromatic carbocycles. The summed E-state index contributed by atoms with van der Waals surface area (Å²) < 4.78 is 4.67. The summed E-state index contributed by atoms with van der Waals surface area (Å²) in [6, 6.07) is 1.04. The molecule has 0 atom stereocenters. The number of nitrogens with two attached hydrogens (primary N) is 1. The third-order valence-corrected chi connectivity index (χ3v) is 1.13. The highest BCUT2D eigenvalue weighted by Gasteiger charge is 2.03. The molecule has 0 bridgehead atoms. The largest absolute Gasteiger partial charge is 0.493 e. The maximum absolute atomic E-state index is 10.7. The molecule has 0 aliphatic carbocycles. The van der Waals surface area contributed by atoms with Gasteiger partial charge in [-0.2, -0.15) is 0 Å². The summed E-state index contributed by atoms with van der Waals surface area (Å²) >= 11 is 0. The van der Waals surface area contributed by atoms with Gasteiger partial charge in [0.05, 0.1) is 13.2 Å². The summed E-state index contributed by atoms with van der Waals surface area (Å²) in [5.74, 6) is 0.120. The Hall–Kier alpha value is -1.72. The number of rotatable bonds is 1. The second-order valence-corrected chi connectivity index (χ2v) is 1.83. The van der Waals surface area contributed by atoms with E-state index in [0.717, 1.165) is 6.07 Å². The summed E-state index contributed by atoms with van der Waals surface area (Å²) in [4.78, 5) is 10.8. The van der Waals surface area contributed by atoms with Gasteiger partial charge in [0.1, 0.15) is 0 Å². The molecule has 0 saturated heterocycles. The van der Waals surface area contributed by atoms with Gasteiger partial charge in [-0.05, 0) is 0 Å². The average Bonchev–Trinajstić information content (AvgIpc) is 1.97. The maximum Gasteiger partial charge on any atom is 0.306 e. The predicted octanol–water partition coefficient (Wildman–Crippen LogP) is -0.929. The van der Waals surface area contributed by atoms with Crippen LogP contribution in [-0.2, 0) is 0 Å². The summed E-state index contributed by atoms with van der Waals surface area (Å²) in [6.45, 7) is 0. The van der Waals surface area contributed by atoms with Crippen molar-refractivity contribution in [2.75, 3.05) is 12.8 Å². The van der Waals surface area contributed by atoms with Crippen LogP contribution >= 0.6 is 0 Å². The highest BCUT2D eigenvalue weighted by Crippen LogP contribution is 2.12. The Morgan fingerprint density at radius 2 is 2.45 bits per heavy atom. The number of nitrogens with zero attached hydrogens (tertiary/aromatic N) is 2. The highest BCUT2D eigenvalue weighted by molar-refractivity contribution is 5.43. The van der Waals surface area contributed by atoms with Gasteiger partial charge in [-0.15, -0.1) is 5.10 Å². The Morgan fingerprint density at radius 1 is 1.82 bits per heavy atom.